The largest absolute Gasteiger partial charge is 0.332 e. The van der Waals surface area contributed by atoms with Gasteiger partial charge in [-0.15, -0.1) is 21.5 Å². The molecule has 0 saturated carbocycles. The number of amides is 1. The maximum absolute atomic E-state index is 13.0. The number of nitrogens with zero attached hydrogens (tertiary/aromatic N) is 5. The van der Waals surface area contributed by atoms with Crippen LogP contribution in [0.2, 0.25) is 0 Å². The van der Waals surface area contributed by atoms with E-state index in [9.17, 15) is 13.2 Å². The van der Waals surface area contributed by atoms with Gasteiger partial charge >= 0.3 is 0 Å². The molecule has 0 aliphatic carbocycles. The van der Waals surface area contributed by atoms with Gasteiger partial charge in [0.15, 0.2) is 9.84 Å². The van der Waals surface area contributed by atoms with E-state index in [4.69, 9.17) is 0 Å². The Hall–Kier alpha value is -2.11. The molecule has 0 spiro atoms. The van der Waals surface area contributed by atoms with Gasteiger partial charge < -0.3 is 4.90 Å². The van der Waals surface area contributed by atoms with Crippen molar-refractivity contribution in [2.24, 2.45) is 0 Å². The Balaban J connectivity index is 1.51. The lowest BCUT2D eigenvalue weighted by atomic mass is 10.2. The van der Waals surface area contributed by atoms with Gasteiger partial charge in [0.1, 0.15) is 6.54 Å². The normalized spacial score (nSPS) is 18.0. The number of hydrogen-bond acceptors (Lipinski definition) is 7. The molecule has 2 aromatic heterocycles. The van der Waals surface area contributed by atoms with E-state index in [2.05, 4.69) is 31.3 Å². The van der Waals surface area contributed by atoms with Gasteiger partial charge in [-0.2, -0.15) is 4.80 Å². The molecule has 8 nitrogen and oxygen atoms in total. The monoisotopic (exact) mass is 495 g/mol. The van der Waals surface area contributed by atoms with Crippen LogP contribution >= 0.6 is 27.3 Å². The number of tetrazole rings is 1. The number of aromatic nitrogens is 4. The second-order valence-electron chi connectivity index (χ2n) is 6.81. The molecule has 29 heavy (non-hydrogen) atoms. The highest BCUT2D eigenvalue weighted by Crippen LogP contribution is 2.22. The van der Waals surface area contributed by atoms with E-state index in [1.807, 2.05) is 41.8 Å². The lowest BCUT2D eigenvalue weighted by Crippen LogP contribution is -2.42. The molecule has 3 heterocycles. The van der Waals surface area contributed by atoms with Crippen LogP contribution in [0.3, 0.4) is 0 Å². The van der Waals surface area contributed by atoms with Crippen molar-refractivity contribution in [3.05, 3.63) is 51.1 Å². The summed E-state index contributed by atoms with van der Waals surface area (Å²) in [6.45, 7) is 0.288. The van der Waals surface area contributed by atoms with Gasteiger partial charge in [0, 0.05) is 21.0 Å². The van der Waals surface area contributed by atoms with Crippen LogP contribution in [-0.2, 0) is 27.7 Å². The topological polar surface area (TPSA) is 98.1 Å². The fourth-order valence-corrected chi connectivity index (χ4v) is 5.95. The summed E-state index contributed by atoms with van der Waals surface area (Å²) in [5.74, 6) is 0.319. The van der Waals surface area contributed by atoms with E-state index < -0.39 is 9.84 Å². The van der Waals surface area contributed by atoms with Gasteiger partial charge in [0.2, 0.25) is 11.7 Å². The molecule has 1 aliphatic heterocycles. The molecule has 1 atom stereocenters. The van der Waals surface area contributed by atoms with E-state index in [1.165, 1.54) is 16.1 Å². The standard InChI is InChI=1S/C18H18BrN5O3S2/c19-14-5-3-13(4-6-14)18-20-22-24(21-18)11-17(25)23(10-16-2-1-8-28-16)15-7-9-29(26,27)12-15/h1-6,8,15H,7,9-12H2. The SMILES string of the molecule is O=C(Cn1nnc(-c2ccc(Br)cc2)n1)N(Cc1cccs1)C1CCS(=O)(=O)C1. The lowest BCUT2D eigenvalue weighted by Gasteiger charge is -2.27. The molecule has 1 fully saturated rings. The highest BCUT2D eigenvalue weighted by molar-refractivity contribution is 9.10. The van der Waals surface area contributed by atoms with Gasteiger partial charge in [-0.3, -0.25) is 4.79 Å². The molecule has 4 rings (SSSR count). The Kier molecular flexibility index (Phi) is 5.79. The average molecular weight is 496 g/mol. The van der Waals surface area contributed by atoms with Crippen LogP contribution < -0.4 is 0 Å². The summed E-state index contributed by atoms with van der Waals surface area (Å²) < 4.78 is 24.8. The lowest BCUT2D eigenvalue weighted by molar-refractivity contribution is -0.134. The van der Waals surface area contributed by atoms with Crippen LogP contribution in [0.4, 0.5) is 0 Å². The number of hydrogen-bond donors (Lipinski definition) is 0. The summed E-state index contributed by atoms with van der Waals surface area (Å²) in [6, 6.07) is 11.0. The van der Waals surface area contributed by atoms with Gasteiger partial charge in [-0.05, 0) is 47.3 Å². The van der Waals surface area contributed by atoms with E-state index in [0.29, 0.717) is 18.8 Å². The van der Waals surface area contributed by atoms with Gasteiger partial charge in [-0.1, -0.05) is 22.0 Å². The molecule has 3 aromatic rings. The molecule has 1 amide bonds. The quantitative estimate of drug-likeness (QED) is 0.520. The number of carbonyl (C=O) groups is 1. The number of carbonyl (C=O) groups excluding carboxylic acids is 1. The molecule has 152 valence electrons. The minimum absolute atomic E-state index is 0.000948. The Morgan fingerprint density at radius 1 is 1.28 bits per heavy atom. The molecule has 0 N–H and O–H groups in total. The maximum Gasteiger partial charge on any atom is 0.246 e. The van der Waals surface area contributed by atoms with Crippen molar-refractivity contribution in [2.75, 3.05) is 11.5 Å². The summed E-state index contributed by atoms with van der Waals surface area (Å²) in [5.41, 5.74) is 0.796. The van der Waals surface area contributed by atoms with Crippen LogP contribution in [0, 0.1) is 0 Å². The highest BCUT2D eigenvalue weighted by Gasteiger charge is 2.35. The van der Waals surface area contributed by atoms with E-state index >= 15 is 0 Å². The number of halogens is 1. The maximum atomic E-state index is 13.0. The number of sulfone groups is 1. The third-order valence-corrected chi connectivity index (χ3v) is 7.85. The Labute approximate surface area is 180 Å². The summed E-state index contributed by atoms with van der Waals surface area (Å²) in [6.07, 6.45) is 0.453. The summed E-state index contributed by atoms with van der Waals surface area (Å²) in [4.78, 5) is 16.9. The third kappa shape index (κ3) is 4.90. The fraction of sp³-hybridized carbons (Fsp3) is 0.333. The summed E-state index contributed by atoms with van der Waals surface area (Å²) in [7, 11) is -3.11. The molecule has 1 aliphatic rings. The van der Waals surface area contributed by atoms with Crippen LogP contribution in [0.25, 0.3) is 11.4 Å². The summed E-state index contributed by atoms with van der Waals surface area (Å²) in [5, 5.41) is 14.3. The van der Waals surface area contributed by atoms with Gasteiger partial charge in [0.05, 0.1) is 18.1 Å². The Morgan fingerprint density at radius 2 is 2.07 bits per heavy atom. The van der Waals surface area contributed by atoms with Gasteiger partial charge in [0.25, 0.3) is 0 Å². The molecule has 1 saturated heterocycles. The number of thiophene rings is 1. The number of benzene rings is 1. The predicted molar refractivity (Wildman–Crippen MR) is 113 cm³/mol. The predicted octanol–water partition coefficient (Wildman–Crippen LogP) is 2.38. The van der Waals surface area contributed by atoms with Crippen molar-refractivity contribution in [3.8, 4) is 11.4 Å². The first kappa shape index (κ1) is 20.2. The molecule has 1 unspecified atom stereocenters. The van der Waals surface area contributed by atoms with Crippen molar-refractivity contribution in [1.82, 2.24) is 25.1 Å². The van der Waals surface area contributed by atoms with Crippen LogP contribution in [0.1, 0.15) is 11.3 Å². The summed E-state index contributed by atoms with van der Waals surface area (Å²) >= 11 is 4.92. The zero-order valence-corrected chi connectivity index (χ0v) is 18.5. The average Bonchev–Trinajstić information content (AvgIpc) is 3.42. The molecule has 0 bridgehead atoms. The fourth-order valence-electron chi connectivity index (χ4n) is 3.25. The molecule has 1 aromatic carbocycles. The van der Waals surface area contributed by atoms with E-state index in [-0.39, 0.29) is 30.0 Å². The number of rotatable bonds is 6. The Bertz CT molecular complexity index is 1100. The van der Waals surface area contributed by atoms with Crippen molar-refractivity contribution in [1.29, 1.82) is 0 Å². The first-order valence-electron chi connectivity index (χ1n) is 8.96. The van der Waals surface area contributed by atoms with Crippen molar-refractivity contribution in [2.45, 2.75) is 25.6 Å². The molecule has 11 heteroatoms. The first-order chi connectivity index (χ1) is 13.9. The minimum atomic E-state index is -3.11. The third-order valence-electron chi connectivity index (χ3n) is 4.71. The molecular weight excluding hydrogens is 478 g/mol. The van der Waals surface area contributed by atoms with Crippen molar-refractivity contribution >= 4 is 43.0 Å². The van der Waals surface area contributed by atoms with Crippen LogP contribution in [0.5, 0.6) is 0 Å². The van der Waals surface area contributed by atoms with Crippen molar-refractivity contribution < 1.29 is 13.2 Å². The minimum Gasteiger partial charge on any atom is -0.332 e. The highest BCUT2D eigenvalue weighted by atomic mass is 79.9. The smallest absolute Gasteiger partial charge is 0.246 e. The second-order valence-corrected chi connectivity index (χ2v) is 11.0. The first-order valence-corrected chi connectivity index (χ1v) is 12.4. The van der Waals surface area contributed by atoms with E-state index in [0.717, 1.165) is 14.9 Å². The van der Waals surface area contributed by atoms with Crippen LogP contribution in [-0.4, -0.2) is 57.0 Å². The zero-order chi connectivity index (χ0) is 20.4. The van der Waals surface area contributed by atoms with Gasteiger partial charge in [-0.25, -0.2) is 8.42 Å². The zero-order valence-electron chi connectivity index (χ0n) is 15.3. The van der Waals surface area contributed by atoms with Crippen LogP contribution in [0.15, 0.2) is 46.3 Å². The Morgan fingerprint density at radius 3 is 2.72 bits per heavy atom. The molecule has 0 radical (unpaired) electrons. The van der Waals surface area contributed by atoms with E-state index in [1.54, 1.807) is 4.90 Å². The van der Waals surface area contributed by atoms with Crippen molar-refractivity contribution in [3.63, 3.8) is 0 Å². The molecular formula is C18H18BrN5O3S2. The second kappa shape index (κ2) is 8.33.